The quantitative estimate of drug-likeness (QED) is 0.860. The Morgan fingerprint density at radius 1 is 1.21 bits per heavy atom. The molecule has 4 heteroatoms. The van der Waals surface area contributed by atoms with Gasteiger partial charge in [-0.3, -0.25) is 4.99 Å². The lowest BCUT2D eigenvalue weighted by atomic mass is 10.0. The van der Waals surface area contributed by atoms with Gasteiger partial charge in [0.25, 0.3) is 0 Å². The van der Waals surface area contributed by atoms with Gasteiger partial charge in [0.15, 0.2) is 0 Å². The van der Waals surface area contributed by atoms with Crippen LogP contribution in [0.4, 0.5) is 5.69 Å². The summed E-state index contributed by atoms with van der Waals surface area (Å²) < 4.78 is 0. The van der Waals surface area contributed by atoms with Crippen LogP contribution in [-0.4, -0.2) is 23.8 Å². The average molecular weight is 269 g/mol. The van der Waals surface area contributed by atoms with Gasteiger partial charge in [-0.15, -0.1) is 11.3 Å². The fraction of sp³-hybridized carbons (Fsp3) is 0.267. The predicted octanol–water partition coefficient (Wildman–Crippen LogP) is 3.32. The topological polar surface area (TPSA) is 27.6 Å². The summed E-state index contributed by atoms with van der Waals surface area (Å²) in [6.07, 6.45) is 1.36. The first kappa shape index (κ1) is 11.1. The second-order valence-electron chi connectivity index (χ2n) is 4.86. The number of hydrogen-bond donors (Lipinski definition) is 1. The maximum Gasteiger partial charge on any atom is 0.136 e. The van der Waals surface area contributed by atoms with Crippen LogP contribution in [0.3, 0.4) is 0 Å². The number of amidine groups is 1. The number of nitrogens with one attached hydrogen (secondary N) is 1. The molecule has 0 saturated carbocycles. The summed E-state index contributed by atoms with van der Waals surface area (Å²) in [5, 5.41) is 5.79. The van der Waals surface area contributed by atoms with E-state index in [1.165, 1.54) is 16.1 Å². The molecule has 1 aromatic carbocycles. The number of fused-ring (bicyclic) bond motifs is 3. The van der Waals surface area contributed by atoms with Gasteiger partial charge in [-0.2, -0.15) is 0 Å². The Balaban J connectivity index is 1.85. The van der Waals surface area contributed by atoms with Crippen molar-refractivity contribution in [3.63, 3.8) is 0 Å². The van der Waals surface area contributed by atoms with Gasteiger partial charge < -0.3 is 10.2 Å². The van der Waals surface area contributed by atoms with Gasteiger partial charge in [0, 0.05) is 29.2 Å². The van der Waals surface area contributed by atoms with Crippen LogP contribution in [0.15, 0.2) is 46.8 Å². The number of nitrogens with zero attached hydrogens (tertiary/aromatic N) is 2. The third-order valence-electron chi connectivity index (χ3n) is 3.68. The zero-order valence-corrected chi connectivity index (χ0v) is 11.4. The molecule has 0 spiro atoms. The van der Waals surface area contributed by atoms with Crippen LogP contribution in [0.25, 0.3) is 0 Å². The number of para-hydroxylation sites is 1. The normalized spacial score (nSPS) is 21.2. The molecule has 3 nitrogen and oxygen atoms in total. The molecule has 3 heterocycles. The van der Waals surface area contributed by atoms with Gasteiger partial charge in [-0.05, 0) is 30.0 Å². The molecule has 0 bridgehead atoms. The van der Waals surface area contributed by atoms with E-state index in [2.05, 4.69) is 52.0 Å². The van der Waals surface area contributed by atoms with E-state index in [0.717, 1.165) is 25.3 Å². The van der Waals surface area contributed by atoms with E-state index < -0.39 is 0 Å². The summed E-state index contributed by atoms with van der Waals surface area (Å²) in [6.45, 7) is 2.01. The van der Waals surface area contributed by atoms with Crippen molar-refractivity contribution in [1.29, 1.82) is 0 Å². The van der Waals surface area contributed by atoms with E-state index in [4.69, 9.17) is 4.99 Å². The third-order valence-corrected chi connectivity index (χ3v) is 4.60. The summed E-state index contributed by atoms with van der Waals surface area (Å²) in [5.74, 6) is 1.15. The standard InChI is InChI=1S/C15H15N3S/c1-2-6-12-11(5-1)14-16-8-4-9-18(14)15(17-12)13-7-3-10-19-13/h1-3,5-7,10,15,17H,4,8-9H2. The Hall–Kier alpha value is -1.81. The molecule has 1 aromatic heterocycles. The lowest BCUT2D eigenvalue weighted by molar-refractivity contribution is 0.326. The Bertz CT molecular complexity index is 618. The van der Waals surface area contributed by atoms with Crippen LogP contribution in [0.1, 0.15) is 23.0 Å². The van der Waals surface area contributed by atoms with Crippen molar-refractivity contribution >= 4 is 22.9 Å². The molecule has 0 aliphatic carbocycles. The van der Waals surface area contributed by atoms with E-state index in [-0.39, 0.29) is 6.17 Å². The van der Waals surface area contributed by atoms with Crippen LogP contribution in [0, 0.1) is 0 Å². The van der Waals surface area contributed by atoms with E-state index in [1.54, 1.807) is 11.3 Å². The molecule has 2 aliphatic rings. The van der Waals surface area contributed by atoms with Crippen molar-refractivity contribution in [1.82, 2.24) is 4.90 Å². The number of anilines is 1. The second-order valence-corrected chi connectivity index (χ2v) is 5.84. The van der Waals surface area contributed by atoms with Gasteiger partial charge >= 0.3 is 0 Å². The minimum atomic E-state index is 0.231. The zero-order chi connectivity index (χ0) is 12.7. The van der Waals surface area contributed by atoms with E-state index in [1.807, 2.05) is 0 Å². The van der Waals surface area contributed by atoms with Crippen molar-refractivity contribution < 1.29 is 0 Å². The Kier molecular flexibility index (Phi) is 2.55. The first-order chi connectivity index (χ1) is 9.43. The Labute approximate surface area is 116 Å². The van der Waals surface area contributed by atoms with Gasteiger partial charge in [0.2, 0.25) is 0 Å². The molecule has 2 aliphatic heterocycles. The molecule has 0 saturated heterocycles. The van der Waals surface area contributed by atoms with Crippen molar-refractivity contribution in [3.8, 4) is 0 Å². The lowest BCUT2D eigenvalue weighted by Gasteiger charge is -2.41. The number of thiophene rings is 1. The summed E-state index contributed by atoms with van der Waals surface area (Å²) in [5.41, 5.74) is 2.42. The molecule has 96 valence electrons. The molecular formula is C15H15N3S. The van der Waals surface area contributed by atoms with Crippen LogP contribution in [0.5, 0.6) is 0 Å². The maximum atomic E-state index is 4.76. The van der Waals surface area contributed by atoms with Crippen molar-refractivity contribution in [2.75, 3.05) is 18.4 Å². The molecule has 0 fully saturated rings. The number of rotatable bonds is 1. The van der Waals surface area contributed by atoms with Crippen LogP contribution in [0.2, 0.25) is 0 Å². The molecule has 2 aromatic rings. The Morgan fingerprint density at radius 3 is 3.05 bits per heavy atom. The van der Waals surface area contributed by atoms with Gasteiger partial charge in [0.05, 0.1) is 0 Å². The monoisotopic (exact) mass is 269 g/mol. The Morgan fingerprint density at radius 2 is 2.16 bits per heavy atom. The largest absolute Gasteiger partial charge is 0.360 e. The zero-order valence-electron chi connectivity index (χ0n) is 10.5. The molecule has 1 N–H and O–H groups in total. The van der Waals surface area contributed by atoms with Crippen molar-refractivity contribution in [2.24, 2.45) is 4.99 Å². The van der Waals surface area contributed by atoms with Crippen molar-refractivity contribution in [3.05, 3.63) is 52.2 Å². The maximum absolute atomic E-state index is 4.76. The highest BCUT2D eigenvalue weighted by molar-refractivity contribution is 7.10. The smallest absolute Gasteiger partial charge is 0.136 e. The molecular weight excluding hydrogens is 254 g/mol. The summed E-state index contributed by atoms with van der Waals surface area (Å²) >= 11 is 1.80. The average Bonchev–Trinajstić information content (AvgIpc) is 3.00. The predicted molar refractivity (Wildman–Crippen MR) is 79.9 cm³/mol. The number of benzene rings is 1. The van der Waals surface area contributed by atoms with E-state index >= 15 is 0 Å². The van der Waals surface area contributed by atoms with Crippen LogP contribution >= 0.6 is 11.3 Å². The summed E-state index contributed by atoms with van der Waals surface area (Å²) in [7, 11) is 0. The highest BCUT2D eigenvalue weighted by atomic mass is 32.1. The first-order valence-corrected chi connectivity index (χ1v) is 7.52. The lowest BCUT2D eigenvalue weighted by Crippen LogP contribution is -2.45. The van der Waals surface area contributed by atoms with Gasteiger partial charge in [-0.25, -0.2) is 0 Å². The second kappa shape index (κ2) is 4.38. The van der Waals surface area contributed by atoms with Gasteiger partial charge in [0.1, 0.15) is 12.0 Å². The molecule has 1 unspecified atom stereocenters. The van der Waals surface area contributed by atoms with E-state index in [0.29, 0.717) is 0 Å². The molecule has 0 radical (unpaired) electrons. The molecule has 4 rings (SSSR count). The van der Waals surface area contributed by atoms with Crippen LogP contribution < -0.4 is 5.32 Å². The third kappa shape index (κ3) is 1.75. The molecule has 1 atom stereocenters. The minimum Gasteiger partial charge on any atom is -0.360 e. The number of aliphatic imine (C=N–C) groups is 1. The molecule has 19 heavy (non-hydrogen) atoms. The molecule has 0 amide bonds. The van der Waals surface area contributed by atoms with Gasteiger partial charge in [-0.1, -0.05) is 18.2 Å². The first-order valence-electron chi connectivity index (χ1n) is 6.64. The highest BCUT2D eigenvalue weighted by Crippen LogP contribution is 2.36. The SMILES string of the molecule is c1csc(C2Nc3ccccc3C3=NCCCN32)c1. The van der Waals surface area contributed by atoms with Crippen molar-refractivity contribution in [2.45, 2.75) is 12.6 Å². The summed E-state index contributed by atoms with van der Waals surface area (Å²) in [6, 6.07) is 12.8. The fourth-order valence-electron chi connectivity index (χ4n) is 2.81. The van der Waals surface area contributed by atoms with Crippen LogP contribution in [-0.2, 0) is 0 Å². The number of hydrogen-bond acceptors (Lipinski definition) is 4. The highest BCUT2D eigenvalue weighted by Gasteiger charge is 2.32. The summed E-state index contributed by atoms with van der Waals surface area (Å²) in [4.78, 5) is 8.51. The van der Waals surface area contributed by atoms with E-state index in [9.17, 15) is 0 Å². The minimum absolute atomic E-state index is 0.231. The fourth-order valence-corrected chi connectivity index (χ4v) is 3.60.